The van der Waals surface area contributed by atoms with E-state index in [1.165, 1.54) is 17.0 Å². The Morgan fingerprint density at radius 1 is 0.488 bits per heavy atom. The summed E-state index contributed by atoms with van der Waals surface area (Å²) in [5.74, 6) is -0.577. The number of imide groups is 1. The van der Waals surface area contributed by atoms with Crippen molar-refractivity contribution < 1.29 is 50.6 Å². The molecule has 0 saturated heterocycles. The van der Waals surface area contributed by atoms with Crippen molar-refractivity contribution in [1.29, 1.82) is 0 Å². The van der Waals surface area contributed by atoms with Gasteiger partial charge in [0.15, 0.2) is 0 Å². The van der Waals surface area contributed by atoms with Crippen molar-refractivity contribution in [3.63, 3.8) is 0 Å². The highest BCUT2D eigenvalue weighted by atomic mass is 32.2. The van der Waals surface area contributed by atoms with Crippen LogP contribution in [-0.4, -0.2) is 118 Å². The first-order valence-electron chi connectivity index (χ1n) is 13.4. The molecular formula is C28H37NO11S. The van der Waals surface area contributed by atoms with Crippen LogP contribution in [0.3, 0.4) is 0 Å². The Kier molecular flexibility index (Phi) is 14.9. The van der Waals surface area contributed by atoms with E-state index in [0.29, 0.717) is 77.2 Å². The van der Waals surface area contributed by atoms with Gasteiger partial charge in [0.2, 0.25) is 0 Å². The van der Waals surface area contributed by atoms with Gasteiger partial charge in [-0.2, -0.15) is 8.42 Å². The molecule has 0 radical (unpaired) electrons. The number of rotatable bonds is 23. The Balaban J connectivity index is 1.02. The Morgan fingerprint density at radius 2 is 0.854 bits per heavy atom. The van der Waals surface area contributed by atoms with E-state index in [4.69, 9.17) is 32.6 Å². The zero-order valence-electron chi connectivity index (χ0n) is 22.9. The molecule has 1 aliphatic heterocycles. The van der Waals surface area contributed by atoms with Crippen LogP contribution in [-0.2, 0) is 42.7 Å². The van der Waals surface area contributed by atoms with Crippen LogP contribution in [0, 0.1) is 0 Å². The number of carbonyl (C=O) groups excluding carboxylic acids is 2. The summed E-state index contributed by atoms with van der Waals surface area (Å²) >= 11 is 0. The van der Waals surface area contributed by atoms with Gasteiger partial charge in [-0.25, -0.2) is 0 Å². The van der Waals surface area contributed by atoms with Crippen LogP contribution in [0.5, 0.6) is 0 Å². The molecule has 0 aliphatic carbocycles. The second-order valence-corrected chi connectivity index (χ2v) is 10.2. The maximum atomic E-state index is 12.3. The van der Waals surface area contributed by atoms with Crippen molar-refractivity contribution in [3.8, 4) is 0 Å². The van der Waals surface area contributed by atoms with Gasteiger partial charge in [-0.05, 0) is 24.3 Å². The summed E-state index contributed by atoms with van der Waals surface area (Å²) in [6.07, 6.45) is 0. The predicted molar refractivity (Wildman–Crippen MR) is 146 cm³/mol. The number of carbonyl (C=O) groups is 2. The first-order chi connectivity index (χ1) is 20.0. The lowest BCUT2D eigenvalue weighted by atomic mass is 10.1. The molecule has 2 aromatic carbocycles. The van der Waals surface area contributed by atoms with E-state index in [1.54, 1.807) is 42.5 Å². The van der Waals surface area contributed by atoms with Gasteiger partial charge in [0.25, 0.3) is 21.9 Å². The van der Waals surface area contributed by atoms with E-state index >= 15 is 0 Å². The molecule has 13 heteroatoms. The molecule has 0 saturated carbocycles. The average Bonchev–Trinajstić information content (AvgIpc) is 3.23. The molecule has 3 rings (SSSR count). The highest BCUT2D eigenvalue weighted by Gasteiger charge is 2.34. The summed E-state index contributed by atoms with van der Waals surface area (Å²) in [6, 6.07) is 14.7. The molecule has 1 aliphatic rings. The van der Waals surface area contributed by atoms with Gasteiger partial charge in [-0.3, -0.25) is 18.7 Å². The average molecular weight is 596 g/mol. The van der Waals surface area contributed by atoms with Crippen LogP contribution in [0.25, 0.3) is 0 Å². The summed E-state index contributed by atoms with van der Waals surface area (Å²) in [4.78, 5) is 25.8. The Hall–Kier alpha value is -2.75. The molecule has 12 nitrogen and oxygen atoms in total. The monoisotopic (exact) mass is 595 g/mol. The Morgan fingerprint density at radius 3 is 1.29 bits per heavy atom. The molecule has 0 aromatic heterocycles. The third-order valence-corrected chi connectivity index (χ3v) is 7.02. The number of fused-ring (bicyclic) bond motifs is 1. The van der Waals surface area contributed by atoms with Gasteiger partial charge in [0, 0.05) is 0 Å². The summed E-state index contributed by atoms with van der Waals surface area (Å²) in [5, 5.41) is 0. The van der Waals surface area contributed by atoms with Crippen LogP contribution in [0.1, 0.15) is 20.7 Å². The number of ether oxygens (including phenoxy) is 6. The molecule has 0 bridgehead atoms. The zero-order valence-corrected chi connectivity index (χ0v) is 23.8. The van der Waals surface area contributed by atoms with Crippen molar-refractivity contribution in [3.05, 3.63) is 65.7 Å². The fourth-order valence-electron chi connectivity index (χ4n) is 3.66. The first kappa shape index (κ1) is 32.8. The van der Waals surface area contributed by atoms with Crippen LogP contribution in [0.15, 0.2) is 59.5 Å². The quantitative estimate of drug-likeness (QED) is 0.106. The van der Waals surface area contributed by atoms with E-state index < -0.39 is 10.1 Å². The second kappa shape index (κ2) is 18.6. The zero-order chi connectivity index (χ0) is 29.2. The largest absolute Gasteiger partial charge is 0.377 e. The number of nitrogens with zero attached hydrogens (tertiary/aromatic N) is 1. The topological polar surface area (TPSA) is 136 Å². The Bertz CT molecular complexity index is 1130. The van der Waals surface area contributed by atoms with Crippen molar-refractivity contribution >= 4 is 21.9 Å². The van der Waals surface area contributed by atoms with Crippen LogP contribution < -0.4 is 0 Å². The fourth-order valence-corrected chi connectivity index (χ4v) is 4.57. The van der Waals surface area contributed by atoms with Crippen molar-refractivity contribution in [2.45, 2.75) is 4.90 Å². The van der Waals surface area contributed by atoms with Crippen LogP contribution >= 0.6 is 0 Å². The maximum absolute atomic E-state index is 12.3. The first-order valence-corrected chi connectivity index (χ1v) is 14.8. The van der Waals surface area contributed by atoms with Gasteiger partial charge >= 0.3 is 0 Å². The lowest BCUT2D eigenvalue weighted by Crippen LogP contribution is -2.33. The molecule has 0 fully saturated rings. The summed E-state index contributed by atoms with van der Waals surface area (Å²) in [6.45, 7) is 4.41. The third kappa shape index (κ3) is 11.6. The smallest absolute Gasteiger partial charge is 0.297 e. The highest BCUT2D eigenvalue weighted by molar-refractivity contribution is 7.86. The minimum Gasteiger partial charge on any atom is -0.377 e. The molecule has 0 unspecified atom stereocenters. The van der Waals surface area contributed by atoms with Crippen molar-refractivity contribution in [2.75, 3.05) is 92.4 Å². The van der Waals surface area contributed by atoms with E-state index in [1.807, 2.05) is 0 Å². The van der Waals surface area contributed by atoms with E-state index in [0.717, 1.165) is 0 Å². The molecule has 0 atom stereocenters. The molecule has 41 heavy (non-hydrogen) atoms. The van der Waals surface area contributed by atoms with E-state index in [9.17, 15) is 18.0 Å². The molecule has 2 amide bonds. The summed E-state index contributed by atoms with van der Waals surface area (Å²) < 4.78 is 61.3. The molecular weight excluding hydrogens is 558 g/mol. The fraction of sp³-hybridized carbons (Fsp3) is 0.500. The van der Waals surface area contributed by atoms with Gasteiger partial charge < -0.3 is 28.4 Å². The number of hydrogen-bond donors (Lipinski definition) is 0. The van der Waals surface area contributed by atoms with Crippen molar-refractivity contribution in [2.24, 2.45) is 0 Å². The molecule has 2 aromatic rings. The highest BCUT2D eigenvalue weighted by Crippen LogP contribution is 2.21. The van der Waals surface area contributed by atoms with Crippen LogP contribution in [0.4, 0.5) is 0 Å². The van der Waals surface area contributed by atoms with Gasteiger partial charge in [-0.15, -0.1) is 0 Å². The summed E-state index contributed by atoms with van der Waals surface area (Å²) in [7, 11) is -3.76. The Labute approximate surface area is 240 Å². The van der Waals surface area contributed by atoms with Crippen molar-refractivity contribution in [1.82, 2.24) is 4.90 Å². The van der Waals surface area contributed by atoms with Gasteiger partial charge in [-0.1, -0.05) is 30.3 Å². The minimum absolute atomic E-state index is 0.0691. The number of amides is 2. The van der Waals surface area contributed by atoms with E-state index in [-0.39, 0.29) is 43.1 Å². The summed E-state index contributed by atoms with van der Waals surface area (Å²) in [5.41, 5.74) is 0.864. The molecule has 0 spiro atoms. The SMILES string of the molecule is O=C1c2ccccc2C(=O)N1CCOCCOCCOCCOCCOCCOCCOS(=O)(=O)c1ccccc1. The predicted octanol–water partition coefficient (Wildman–Crippen LogP) is 1.79. The van der Waals surface area contributed by atoms with Crippen LogP contribution in [0.2, 0.25) is 0 Å². The number of hydrogen-bond acceptors (Lipinski definition) is 11. The lowest BCUT2D eigenvalue weighted by molar-refractivity contribution is -0.0181. The molecule has 0 N–H and O–H groups in total. The normalized spacial score (nSPS) is 13.2. The van der Waals surface area contributed by atoms with Gasteiger partial charge in [0.1, 0.15) is 0 Å². The third-order valence-electron chi connectivity index (χ3n) is 5.70. The van der Waals surface area contributed by atoms with E-state index in [2.05, 4.69) is 0 Å². The maximum Gasteiger partial charge on any atom is 0.297 e. The van der Waals surface area contributed by atoms with Gasteiger partial charge in [0.05, 0.1) is 108 Å². The molecule has 1 heterocycles. The standard InChI is InChI=1S/C28H37NO11S/c30-27-25-8-4-5-9-26(25)28(31)29(27)10-11-34-12-13-35-14-15-36-16-17-37-18-19-38-20-21-39-22-23-40-41(32,33)24-6-2-1-3-7-24/h1-9H,10-23H2. The number of benzene rings is 2. The lowest BCUT2D eigenvalue weighted by Gasteiger charge is -2.13. The molecule has 226 valence electrons. The second-order valence-electron chi connectivity index (χ2n) is 8.57. The minimum atomic E-state index is -3.76.